The molecule has 47 heavy (non-hydrogen) atoms. The topological polar surface area (TPSA) is 76.2 Å². The Labute approximate surface area is 293 Å². The van der Waals surface area contributed by atoms with Gasteiger partial charge in [-0.15, -0.1) is 29.1 Å². The fraction of sp³-hybridized carbons (Fsp3) is 0.390. The number of rotatable bonds is 8. The van der Waals surface area contributed by atoms with Crippen molar-refractivity contribution in [2.45, 2.75) is 92.4 Å². The molecular formula is C41H47IrN2O3-. The summed E-state index contributed by atoms with van der Waals surface area (Å²) >= 11 is 0. The van der Waals surface area contributed by atoms with Gasteiger partial charge in [0.15, 0.2) is 5.78 Å². The van der Waals surface area contributed by atoms with Gasteiger partial charge in [0, 0.05) is 85.2 Å². The fourth-order valence-corrected chi connectivity index (χ4v) is 6.61. The number of pyridine rings is 2. The predicted molar refractivity (Wildman–Crippen MR) is 189 cm³/mol. The van der Waals surface area contributed by atoms with E-state index in [1.54, 1.807) is 0 Å². The summed E-state index contributed by atoms with van der Waals surface area (Å²) in [6, 6.07) is 18.5. The summed E-state index contributed by atoms with van der Waals surface area (Å²) in [4.78, 5) is 20.9. The number of aliphatic hydroxyl groups excluding tert-OH is 1. The van der Waals surface area contributed by atoms with Crippen molar-refractivity contribution in [3.63, 3.8) is 0 Å². The number of hydrogen-bond donors (Lipinski definition) is 1. The molecule has 2 aromatic carbocycles. The molecule has 0 saturated heterocycles. The van der Waals surface area contributed by atoms with E-state index in [1.165, 1.54) is 33.7 Å². The van der Waals surface area contributed by atoms with Crippen molar-refractivity contribution in [3.05, 3.63) is 95.8 Å². The normalized spacial score (nSPS) is 12.8. The molecule has 0 amide bonds. The van der Waals surface area contributed by atoms with E-state index in [-0.39, 0.29) is 48.9 Å². The molecule has 249 valence electrons. The molecule has 3 heterocycles. The first-order valence-corrected chi connectivity index (χ1v) is 16.8. The second kappa shape index (κ2) is 15.5. The van der Waals surface area contributed by atoms with E-state index >= 15 is 0 Å². The van der Waals surface area contributed by atoms with Gasteiger partial charge in [-0.3, -0.25) is 14.8 Å². The maximum absolute atomic E-state index is 11.7. The molecule has 1 aliphatic carbocycles. The molecular weight excluding hydrogens is 761 g/mol. The number of hydrogen-bond acceptors (Lipinski definition) is 5. The first kappa shape index (κ1) is 36.2. The van der Waals surface area contributed by atoms with Gasteiger partial charge in [0.05, 0.1) is 5.76 Å². The number of carbonyl (C=O) groups is 1. The number of allylic oxidation sites excluding steroid dienone is 2. The molecule has 1 N–H and O–H groups in total. The monoisotopic (exact) mass is 808 g/mol. The van der Waals surface area contributed by atoms with Crippen LogP contribution >= 0.6 is 0 Å². The Bertz CT molecular complexity index is 1870. The third kappa shape index (κ3) is 7.60. The fourth-order valence-electron chi connectivity index (χ4n) is 6.61. The Morgan fingerprint density at radius 2 is 1.66 bits per heavy atom. The number of aryl methyl sites for hydroxylation is 2. The van der Waals surface area contributed by atoms with Crippen molar-refractivity contribution in [3.8, 4) is 22.4 Å². The Hall–Kier alpha value is -3.60. The molecule has 1 aliphatic rings. The minimum Gasteiger partial charge on any atom is -0.512 e. The number of aliphatic hydroxyl groups is 1. The molecule has 0 spiro atoms. The summed E-state index contributed by atoms with van der Waals surface area (Å²) in [5.74, 6) is 1.58. The molecule has 0 bridgehead atoms. The van der Waals surface area contributed by atoms with Gasteiger partial charge in [0.2, 0.25) is 0 Å². The molecule has 0 saturated carbocycles. The van der Waals surface area contributed by atoms with Crippen LogP contribution in [-0.2, 0) is 43.2 Å². The largest absolute Gasteiger partial charge is 0.512 e. The molecule has 1 radical (unpaired) electrons. The van der Waals surface area contributed by atoms with E-state index in [2.05, 4.69) is 74.3 Å². The van der Waals surface area contributed by atoms with Crippen LogP contribution in [0.2, 0.25) is 0 Å². The van der Waals surface area contributed by atoms with Crippen LogP contribution in [0.15, 0.2) is 77.3 Å². The Kier molecular flexibility index (Phi) is 12.0. The van der Waals surface area contributed by atoms with Crippen molar-refractivity contribution in [1.82, 2.24) is 9.97 Å². The molecule has 0 unspecified atom stereocenters. The quantitative estimate of drug-likeness (QED) is 0.0960. The average molecular weight is 808 g/mol. The summed E-state index contributed by atoms with van der Waals surface area (Å²) in [5.41, 5.74) is 7.65. The van der Waals surface area contributed by atoms with E-state index in [4.69, 9.17) is 9.40 Å². The first-order valence-electron chi connectivity index (χ1n) is 16.8. The first-order chi connectivity index (χ1) is 22.1. The minimum absolute atomic E-state index is 0. The zero-order valence-electron chi connectivity index (χ0n) is 28.7. The number of carbonyl (C=O) groups excluding carboxylic acids is 1. The molecule has 5 nitrogen and oxygen atoms in total. The number of aromatic nitrogens is 2. The minimum atomic E-state index is 0. The number of ketones is 1. The zero-order chi connectivity index (χ0) is 33.0. The summed E-state index contributed by atoms with van der Waals surface area (Å²) < 4.78 is 6.46. The molecule has 0 fully saturated rings. The summed E-state index contributed by atoms with van der Waals surface area (Å²) in [6.07, 6.45) is 12.5. The maximum Gasteiger partial charge on any atom is 0.162 e. The van der Waals surface area contributed by atoms with Gasteiger partial charge >= 0.3 is 0 Å². The van der Waals surface area contributed by atoms with Gasteiger partial charge in [-0.2, -0.15) is 0 Å². The van der Waals surface area contributed by atoms with Gasteiger partial charge in [-0.05, 0) is 55.2 Å². The van der Waals surface area contributed by atoms with Gasteiger partial charge in [0.25, 0.3) is 0 Å². The Morgan fingerprint density at radius 3 is 2.34 bits per heavy atom. The predicted octanol–water partition coefficient (Wildman–Crippen LogP) is 10.8. The van der Waals surface area contributed by atoms with Gasteiger partial charge in [-0.25, -0.2) is 0 Å². The van der Waals surface area contributed by atoms with Crippen LogP contribution in [0, 0.1) is 17.9 Å². The molecule has 6 rings (SSSR count). The van der Waals surface area contributed by atoms with Crippen LogP contribution in [0.4, 0.5) is 0 Å². The van der Waals surface area contributed by atoms with Crippen LogP contribution in [0.3, 0.4) is 0 Å². The summed E-state index contributed by atoms with van der Waals surface area (Å²) in [7, 11) is 0. The van der Waals surface area contributed by atoms with Crippen LogP contribution in [-0.4, -0.2) is 20.9 Å². The maximum atomic E-state index is 11.7. The summed E-state index contributed by atoms with van der Waals surface area (Å²) in [6.45, 7) is 14.8. The Morgan fingerprint density at radius 1 is 0.957 bits per heavy atom. The second-order valence-electron chi connectivity index (χ2n) is 13.4. The van der Waals surface area contributed by atoms with E-state index in [1.807, 2.05) is 46.3 Å². The van der Waals surface area contributed by atoms with Gasteiger partial charge in [-0.1, -0.05) is 77.6 Å². The molecule has 6 heteroatoms. The van der Waals surface area contributed by atoms with Crippen LogP contribution in [0.1, 0.15) is 91.0 Å². The van der Waals surface area contributed by atoms with Crippen LogP contribution < -0.4 is 0 Å². The zero-order valence-corrected chi connectivity index (χ0v) is 31.1. The number of furan rings is 1. The van der Waals surface area contributed by atoms with Crippen LogP contribution in [0.5, 0.6) is 0 Å². The SMILES string of the molecule is CC(C)(C)c1cc(-c2nccc3c4c(oc23)CCc2ccncc2-4)[c-]c2ccccc12.CCC(CC)C(=O)/C=C(\O)C(CC)CC.[Ir]. The number of fused-ring (bicyclic) bond motifs is 6. The van der Waals surface area contributed by atoms with Crippen molar-refractivity contribution in [2.24, 2.45) is 11.8 Å². The van der Waals surface area contributed by atoms with Gasteiger partial charge < -0.3 is 9.52 Å². The average Bonchev–Trinajstić information content (AvgIpc) is 3.45. The van der Waals surface area contributed by atoms with E-state index in [0.717, 1.165) is 71.9 Å². The third-order valence-corrected chi connectivity index (χ3v) is 9.40. The van der Waals surface area contributed by atoms with Crippen molar-refractivity contribution < 1.29 is 34.4 Å². The van der Waals surface area contributed by atoms with Crippen molar-refractivity contribution in [1.29, 1.82) is 0 Å². The van der Waals surface area contributed by atoms with Crippen LogP contribution in [0.25, 0.3) is 44.1 Å². The van der Waals surface area contributed by atoms with Crippen molar-refractivity contribution >= 4 is 27.5 Å². The second-order valence-corrected chi connectivity index (χ2v) is 13.4. The van der Waals surface area contributed by atoms with E-state index < -0.39 is 0 Å². The van der Waals surface area contributed by atoms with Crippen molar-refractivity contribution in [2.75, 3.05) is 0 Å². The molecule has 0 aliphatic heterocycles. The molecule has 0 atom stereocenters. The molecule has 5 aromatic rings. The summed E-state index contributed by atoms with van der Waals surface area (Å²) in [5, 5.41) is 13.2. The standard InChI is InChI=1S/C28H23N2O.C13H24O2.Ir/c1-28(2,3)23-15-19(14-18-6-4-5-7-20(18)23)26-27-21(11-13-30-26)25-22-16-29-12-10-17(22)8-9-24(25)31-27;1-5-10(6-2)12(14)9-13(15)11(7-3)8-4;/h4-7,10-13,15-16H,8-9H2,1-3H3;9-11,14H,5-8H2,1-4H3;/q-1;;/b;12-9-;. The number of benzene rings is 2. The number of nitrogens with zero attached hydrogens (tertiary/aromatic N) is 2. The van der Waals surface area contributed by atoms with E-state index in [0.29, 0.717) is 0 Å². The third-order valence-electron chi connectivity index (χ3n) is 9.40. The molecule has 3 aromatic heterocycles. The smallest absolute Gasteiger partial charge is 0.162 e. The Balaban J connectivity index is 0.000000269. The van der Waals surface area contributed by atoms with E-state index in [9.17, 15) is 9.90 Å². The van der Waals surface area contributed by atoms with Gasteiger partial charge in [0.1, 0.15) is 11.3 Å².